The van der Waals surface area contributed by atoms with Crippen molar-refractivity contribution in [1.82, 2.24) is 4.98 Å². The maximum absolute atomic E-state index is 14.4. The average molecular weight is 472 g/mol. The minimum Gasteiger partial charge on any atom is -0.493 e. The van der Waals surface area contributed by atoms with Crippen LogP contribution in [0.2, 0.25) is 0 Å². The van der Waals surface area contributed by atoms with Crippen molar-refractivity contribution in [3.63, 3.8) is 0 Å². The number of carbonyl (C=O) groups is 2. The number of methoxy groups -OCH3 is 1. The Kier molecular flexibility index (Phi) is 6.47. The summed E-state index contributed by atoms with van der Waals surface area (Å²) in [5.74, 6) is -7.31. The van der Waals surface area contributed by atoms with Crippen molar-refractivity contribution >= 4 is 17.4 Å². The van der Waals surface area contributed by atoms with Crippen LogP contribution in [0.15, 0.2) is 30.5 Å². The monoisotopic (exact) mass is 472 g/mol. The molecule has 0 bridgehead atoms. The first-order chi connectivity index (χ1) is 15.3. The molecule has 0 saturated carbocycles. The number of pyridine rings is 1. The second-order valence-electron chi connectivity index (χ2n) is 7.92. The zero-order valence-electron chi connectivity index (χ0n) is 18.1. The maximum atomic E-state index is 14.4. The highest BCUT2D eigenvalue weighted by Gasteiger charge is 2.65. The van der Waals surface area contributed by atoms with Gasteiger partial charge in [-0.15, -0.1) is 0 Å². The summed E-state index contributed by atoms with van der Waals surface area (Å²) >= 11 is 0. The molecule has 6 nitrogen and oxygen atoms in total. The van der Waals surface area contributed by atoms with Crippen LogP contribution in [0.1, 0.15) is 42.7 Å². The third kappa shape index (κ3) is 4.29. The summed E-state index contributed by atoms with van der Waals surface area (Å²) in [4.78, 5) is 28.5. The van der Waals surface area contributed by atoms with Crippen molar-refractivity contribution in [2.45, 2.75) is 44.6 Å². The number of amides is 1. The number of alkyl halides is 3. The zero-order chi connectivity index (χ0) is 24.7. The molecule has 2 heterocycles. The average Bonchev–Trinajstić information content (AvgIpc) is 3.02. The van der Waals surface area contributed by atoms with Gasteiger partial charge in [-0.25, -0.2) is 4.39 Å². The molecule has 33 heavy (non-hydrogen) atoms. The SMILES string of the molecule is COc1c([C@H]2[C@@H](C)[C@](C)(C(F)(F)F)O[C@H]2C(=O)Nc2ccnc(C(C)=O)c2)ccc(F)c1F. The van der Waals surface area contributed by atoms with Gasteiger partial charge in [0.15, 0.2) is 23.0 Å². The Bertz CT molecular complexity index is 1090. The van der Waals surface area contributed by atoms with Gasteiger partial charge in [-0.05, 0) is 25.1 Å². The molecule has 0 spiro atoms. The number of benzene rings is 1. The van der Waals surface area contributed by atoms with Crippen LogP contribution in [0.5, 0.6) is 5.75 Å². The van der Waals surface area contributed by atoms with Gasteiger partial charge < -0.3 is 14.8 Å². The topological polar surface area (TPSA) is 77.5 Å². The molecule has 4 atom stereocenters. The Morgan fingerprint density at radius 2 is 1.88 bits per heavy atom. The normalized spacial score (nSPS) is 25.1. The summed E-state index contributed by atoms with van der Waals surface area (Å²) in [6, 6.07) is 4.43. The highest BCUT2D eigenvalue weighted by molar-refractivity contribution is 5.97. The molecule has 1 aromatic carbocycles. The van der Waals surface area contributed by atoms with Crippen molar-refractivity contribution in [2.75, 3.05) is 12.4 Å². The quantitative estimate of drug-likeness (QED) is 0.507. The molecule has 1 saturated heterocycles. The van der Waals surface area contributed by atoms with Gasteiger partial charge in [-0.3, -0.25) is 14.6 Å². The Hall–Kier alpha value is -3.08. The van der Waals surface area contributed by atoms with Gasteiger partial charge in [-0.2, -0.15) is 17.6 Å². The summed E-state index contributed by atoms with van der Waals surface area (Å²) in [7, 11) is 1.04. The van der Waals surface area contributed by atoms with E-state index in [2.05, 4.69) is 10.3 Å². The molecule has 1 aliphatic heterocycles. The van der Waals surface area contributed by atoms with E-state index in [0.717, 1.165) is 26.2 Å². The summed E-state index contributed by atoms with van der Waals surface area (Å²) in [5.41, 5.74) is -2.77. The Balaban J connectivity index is 2.07. The molecule has 1 aliphatic rings. The van der Waals surface area contributed by atoms with E-state index in [1.165, 1.54) is 32.2 Å². The molecule has 1 N–H and O–H groups in total. The molecule has 0 unspecified atom stereocenters. The van der Waals surface area contributed by atoms with Crippen molar-refractivity contribution in [3.05, 3.63) is 53.4 Å². The van der Waals surface area contributed by atoms with Gasteiger partial charge in [0.05, 0.1) is 7.11 Å². The van der Waals surface area contributed by atoms with Crippen LogP contribution in [-0.4, -0.2) is 41.7 Å². The molecule has 3 rings (SSSR count). The second-order valence-corrected chi connectivity index (χ2v) is 7.92. The Morgan fingerprint density at radius 1 is 1.21 bits per heavy atom. The minimum atomic E-state index is -4.87. The van der Waals surface area contributed by atoms with E-state index >= 15 is 0 Å². The lowest BCUT2D eigenvalue weighted by atomic mass is 9.77. The number of anilines is 1. The highest BCUT2D eigenvalue weighted by atomic mass is 19.4. The van der Waals surface area contributed by atoms with Gasteiger partial charge >= 0.3 is 6.18 Å². The standard InChI is InChI=1S/C22H21F5N2O4/c1-10-16(13-5-6-14(23)17(24)18(13)32-4)19(33-21(10,3)22(25,26)27)20(31)29-12-7-8-28-15(9-12)11(2)30/h5-10,16,19H,1-4H3,(H,28,29,31)/t10-,16-,19-,21-/m1/s1. The van der Waals surface area contributed by atoms with Crippen molar-refractivity contribution in [3.8, 4) is 5.75 Å². The molecule has 11 heteroatoms. The van der Waals surface area contributed by atoms with Gasteiger partial charge in [0.1, 0.15) is 11.8 Å². The number of aromatic nitrogens is 1. The van der Waals surface area contributed by atoms with Crippen molar-refractivity contribution in [1.29, 1.82) is 0 Å². The molecule has 0 aliphatic carbocycles. The first-order valence-electron chi connectivity index (χ1n) is 9.86. The molecule has 1 amide bonds. The predicted octanol–water partition coefficient (Wildman–Crippen LogP) is 4.65. The lowest BCUT2D eigenvalue weighted by Gasteiger charge is -2.32. The van der Waals surface area contributed by atoms with Crippen LogP contribution in [0.3, 0.4) is 0 Å². The Morgan fingerprint density at radius 3 is 2.45 bits per heavy atom. The number of hydrogen-bond donors (Lipinski definition) is 1. The highest BCUT2D eigenvalue weighted by Crippen LogP contribution is 2.55. The second kappa shape index (κ2) is 8.69. The number of ether oxygens (including phenoxy) is 2. The van der Waals surface area contributed by atoms with Gasteiger partial charge in [-0.1, -0.05) is 13.0 Å². The van der Waals surface area contributed by atoms with Gasteiger partial charge in [0, 0.05) is 36.2 Å². The molecular weight excluding hydrogens is 451 g/mol. The van der Waals surface area contributed by atoms with Crippen LogP contribution < -0.4 is 10.1 Å². The first-order valence-corrected chi connectivity index (χ1v) is 9.86. The minimum absolute atomic E-state index is 0.0347. The molecule has 2 aromatic rings. The van der Waals surface area contributed by atoms with Crippen molar-refractivity contribution in [2.24, 2.45) is 5.92 Å². The smallest absolute Gasteiger partial charge is 0.417 e. The molecule has 1 aromatic heterocycles. The third-order valence-electron chi connectivity index (χ3n) is 5.96. The number of nitrogens with zero attached hydrogens (tertiary/aromatic N) is 1. The van der Waals surface area contributed by atoms with Crippen LogP contribution in [0, 0.1) is 17.6 Å². The van der Waals surface area contributed by atoms with E-state index in [1.807, 2.05) is 0 Å². The Labute approximate surface area is 186 Å². The van der Waals surface area contributed by atoms with Crippen LogP contribution in [0.25, 0.3) is 0 Å². The number of halogens is 5. The fraction of sp³-hybridized carbons (Fsp3) is 0.409. The van der Waals surface area contributed by atoms with E-state index in [1.54, 1.807) is 0 Å². The first kappa shape index (κ1) is 24.6. The van der Waals surface area contributed by atoms with E-state index in [-0.39, 0.29) is 22.7 Å². The van der Waals surface area contributed by atoms with E-state index in [9.17, 15) is 31.5 Å². The maximum Gasteiger partial charge on any atom is 0.417 e. The molecule has 0 radical (unpaired) electrons. The van der Waals surface area contributed by atoms with Gasteiger partial charge in [0.25, 0.3) is 5.91 Å². The lowest BCUT2D eigenvalue weighted by molar-refractivity contribution is -0.272. The molecule has 178 valence electrons. The van der Waals surface area contributed by atoms with Crippen LogP contribution in [0.4, 0.5) is 27.6 Å². The number of Topliss-reactive ketones (excluding diaryl/α,β-unsaturated/α-hetero) is 1. The van der Waals surface area contributed by atoms with E-state index in [0.29, 0.717) is 0 Å². The number of ketones is 1. The fourth-order valence-electron chi connectivity index (χ4n) is 3.95. The largest absolute Gasteiger partial charge is 0.493 e. The lowest BCUT2D eigenvalue weighted by Crippen LogP contribution is -2.47. The number of carbonyl (C=O) groups excluding carboxylic acids is 2. The summed E-state index contributed by atoms with van der Waals surface area (Å²) < 4.78 is 80.2. The fourth-order valence-corrected chi connectivity index (χ4v) is 3.95. The van der Waals surface area contributed by atoms with Crippen LogP contribution in [-0.2, 0) is 9.53 Å². The van der Waals surface area contributed by atoms with Crippen molar-refractivity contribution < 1.29 is 41.0 Å². The number of hydrogen-bond acceptors (Lipinski definition) is 5. The van der Waals surface area contributed by atoms with Gasteiger partial charge in [0.2, 0.25) is 5.82 Å². The zero-order valence-corrected chi connectivity index (χ0v) is 18.1. The van der Waals surface area contributed by atoms with E-state index in [4.69, 9.17) is 9.47 Å². The molecule has 1 fully saturated rings. The summed E-state index contributed by atoms with van der Waals surface area (Å²) in [6.07, 6.45) is -5.36. The summed E-state index contributed by atoms with van der Waals surface area (Å²) in [5, 5.41) is 2.42. The number of nitrogens with one attached hydrogen (secondary N) is 1. The van der Waals surface area contributed by atoms with Crippen LogP contribution >= 0.6 is 0 Å². The molecular formula is C22H21F5N2O4. The summed E-state index contributed by atoms with van der Waals surface area (Å²) in [6.45, 7) is 3.27. The predicted molar refractivity (Wildman–Crippen MR) is 107 cm³/mol. The third-order valence-corrected chi connectivity index (χ3v) is 5.96. The van der Waals surface area contributed by atoms with E-state index < -0.39 is 53.0 Å². The number of rotatable bonds is 5.